The maximum absolute atomic E-state index is 12.4. The van der Waals surface area contributed by atoms with Gasteiger partial charge in [0.25, 0.3) is 5.91 Å². The summed E-state index contributed by atoms with van der Waals surface area (Å²) in [5.41, 5.74) is 3.55. The molecule has 1 amide bonds. The third-order valence-corrected chi connectivity index (χ3v) is 4.40. The molecule has 0 saturated carbocycles. The van der Waals surface area contributed by atoms with Crippen molar-refractivity contribution in [3.8, 4) is 11.4 Å². The van der Waals surface area contributed by atoms with Gasteiger partial charge >= 0.3 is 0 Å². The van der Waals surface area contributed by atoms with Crippen molar-refractivity contribution in [3.63, 3.8) is 0 Å². The highest BCUT2D eigenvalue weighted by molar-refractivity contribution is 5.94. The van der Waals surface area contributed by atoms with Gasteiger partial charge in [-0.1, -0.05) is 30.3 Å². The Balaban J connectivity index is 1.54. The minimum atomic E-state index is -0.0740. The maximum atomic E-state index is 12.4. The van der Waals surface area contributed by atoms with Gasteiger partial charge in [0.2, 0.25) is 11.7 Å². The zero-order chi connectivity index (χ0) is 17.2. The molecular weight excluding hydrogens is 316 g/mol. The first-order chi connectivity index (χ1) is 12.2. The molecule has 2 heterocycles. The number of carbonyl (C=O) groups excluding carboxylic acids is 1. The Morgan fingerprint density at radius 3 is 2.92 bits per heavy atom. The molecule has 4 rings (SSSR count). The minimum absolute atomic E-state index is 0.0618. The Morgan fingerprint density at radius 2 is 2.16 bits per heavy atom. The van der Waals surface area contributed by atoms with Gasteiger partial charge in [-0.3, -0.25) is 9.78 Å². The summed E-state index contributed by atoms with van der Waals surface area (Å²) in [6.07, 6.45) is 4.17. The molecule has 6 nitrogen and oxygen atoms in total. The van der Waals surface area contributed by atoms with Crippen molar-refractivity contribution < 1.29 is 9.32 Å². The monoisotopic (exact) mass is 334 g/mol. The molecule has 0 radical (unpaired) electrons. The summed E-state index contributed by atoms with van der Waals surface area (Å²) in [5.74, 6) is 1.10. The molecule has 0 spiro atoms. The Bertz CT molecular complexity index is 905. The number of hydrogen-bond donors (Lipinski definition) is 1. The predicted molar refractivity (Wildman–Crippen MR) is 91.9 cm³/mol. The van der Waals surface area contributed by atoms with Gasteiger partial charge in [-0.05, 0) is 36.6 Å². The van der Waals surface area contributed by atoms with Gasteiger partial charge in [-0.25, -0.2) is 0 Å². The minimum Gasteiger partial charge on any atom is -0.344 e. The first-order valence-corrected chi connectivity index (χ1v) is 8.42. The summed E-state index contributed by atoms with van der Waals surface area (Å²) in [5, 5.41) is 7.07. The van der Waals surface area contributed by atoms with Gasteiger partial charge in [0, 0.05) is 23.7 Å². The number of nitrogens with one attached hydrogen (secondary N) is 1. The molecule has 126 valence electrons. The second-order valence-electron chi connectivity index (χ2n) is 6.06. The Kier molecular flexibility index (Phi) is 4.01. The summed E-state index contributed by atoms with van der Waals surface area (Å²) < 4.78 is 5.16. The fraction of sp³-hybridized carbons (Fsp3) is 0.263. The van der Waals surface area contributed by atoms with Crippen LogP contribution in [0.25, 0.3) is 11.4 Å². The number of fused-ring (bicyclic) bond motifs is 1. The SMILES string of the molecule is CCc1nc(-c2cnc3c(c2)CCC3NC(=O)c2ccccc2)no1. The number of rotatable bonds is 4. The van der Waals surface area contributed by atoms with Gasteiger partial charge in [0.15, 0.2) is 0 Å². The van der Waals surface area contributed by atoms with Crippen LogP contribution in [0.2, 0.25) is 0 Å². The topological polar surface area (TPSA) is 80.9 Å². The summed E-state index contributed by atoms with van der Waals surface area (Å²) in [6, 6.07) is 11.2. The van der Waals surface area contributed by atoms with Crippen molar-refractivity contribution in [1.82, 2.24) is 20.4 Å². The van der Waals surface area contributed by atoms with E-state index in [0.29, 0.717) is 23.7 Å². The molecule has 1 N–H and O–H groups in total. The lowest BCUT2D eigenvalue weighted by molar-refractivity contribution is 0.0936. The van der Waals surface area contributed by atoms with E-state index in [-0.39, 0.29) is 11.9 Å². The van der Waals surface area contributed by atoms with E-state index in [2.05, 4.69) is 20.4 Å². The first-order valence-electron chi connectivity index (χ1n) is 8.42. The van der Waals surface area contributed by atoms with Crippen molar-refractivity contribution in [2.75, 3.05) is 0 Å². The van der Waals surface area contributed by atoms with Crippen LogP contribution >= 0.6 is 0 Å². The molecular formula is C19H18N4O2. The van der Waals surface area contributed by atoms with E-state index in [1.807, 2.05) is 43.3 Å². The molecule has 0 bridgehead atoms. The highest BCUT2D eigenvalue weighted by atomic mass is 16.5. The van der Waals surface area contributed by atoms with Crippen LogP contribution in [0.4, 0.5) is 0 Å². The van der Waals surface area contributed by atoms with E-state index in [0.717, 1.165) is 29.7 Å². The largest absolute Gasteiger partial charge is 0.344 e. The van der Waals surface area contributed by atoms with Gasteiger partial charge < -0.3 is 9.84 Å². The standard InChI is InChI=1S/C19H18N4O2/c1-2-16-22-18(23-25-16)14-10-13-8-9-15(17(13)20-11-14)21-19(24)12-6-4-3-5-7-12/h3-7,10-11,15H,2,8-9H2,1H3,(H,21,24). The summed E-state index contributed by atoms with van der Waals surface area (Å²) in [4.78, 5) is 21.3. The smallest absolute Gasteiger partial charge is 0.251 e. The highest BCUT2D eigenvalue weighted by Crippen LogP contribution is 2.32. The van der Waals surface area contributed by atoms with E-state index in [1.165, 1.54) is 0 Å². The van der Waals surface area contributed by atoms with E-state index in [4.69, 9.17) is 4.52 Å². The lowest BCUT2D eigenvalue weighted by Crippen LogP contribution is -2.27. The number of hydrogen-bond acceptors (Lipinski definition) is 5. The van der Waals surface area contributed by atoms with Crippen molar-refractivity contribution in [2.45, 2.75) is 32.2 Å². The molecule has 1 aliphatic rings. The lowest BCUT2D eigenvalue weighted by Gasteiger charge is -2.13. The number of carbonyl (C=O) groups is 1. The zero-order valence-corrected chi connectivity index (χ0v) is 13.9. The van der Waals surface area contributed by atoms with Gasteiger partial charge in [-0.15, -0.1) is 0 Å². The first kappa shape index (κ1) is 15.5. The number of amides is 1. The fourth-order valence-corrected chi connectivity index (χ4v) is 3.08. The summed E-state index contributed by atoms with van der Waals surface area (Å²) in [6.45, 7) is 1.97. The van der Waals surface area contributed by atoms with E-state index in [1.54, 1.807) is 6.20 Å². The molecule has 6 heteroatoms. The highest BCUT2D eigenvalue weighted by Gasteiger charge is 2.26. The molecule has 1 aromatic carbocycles. The van der Waals surface area contributed by atoms with E-state index in [9.17, 15) is 4.79 Å². The molecule has 0 aliphatic heterocycles. The average Bonchev–Trinajstić information content (AvgIpc) is 3.29. The maximum Gasteiger partial charge on any atom is 0.251 e. The van der Waals surface area contributed by atoms with Crippen LogP contribution in [0.3, 0.4) is 0 Å². The molecule has 2 aromatic heterocycles. The van der Waals surface area contributed by atoms with Gasteiger partial charge in [0.1, 0.15) is 0 Å². The van der Waals surface area contributed by atoms with Crippen molar-refractivity contribution >= 4 is 5.91 Å². The fourth-order valence-electron chi connectivity index (χ4n) is 3.08. The molecule has 25 heavy (non-hydrogen) atoms. The Hall–Kier alpha value is -3.02. The summed E-state index contributed by atoms with van der Waals surface area (Å²) in [7, 11) is 0. The second kappa shape index (κ2) is 6.47. The molecule has 1 atom stereocenters. The second-order valence-corrected chi connectivity index (χ2v) is 6.06. The normalized spacial score (nSPS) is 15.8. The van der Waals surface area contributed by atoms with Crippen molar-refractivity contribution in [3.05, 3.63) is 65.3 Å². The number of aromatic nitrogens is 3. The van der Waals surface area contributed by atoms with Crippen LogP contribution in [-0.4, -0.2) is 21.0 Å². The van der Waals surface area contributed by atoms with Crippen LogP contribution in [0.5, 0.6) is 0 Å². The van der Waals surface area contributed by atoms with Crippen LogP contribution in [0.1, 0.15) is 46.9 Å². The summed E-state index contributed by atoms with van der Waals surface area (Å²) >= 11 is 0. The predicted octanol–water partition coefficient (Wildman–Crippen LogP) is 3.11. The van der Waals surface area contributed by atoms with Crippen molar-refractivity contribution in [2.24, 2.45) is 0 Å². The molecule has 1 aliphatic carbocycles. The quantitative estimate of drug-likeness (QED) is 0.793. The lowest BCUT2D eigenvalue weighted by atomic mass is 10.1. The Labute approximate surface area is 145 Å². The van der Waals surface area contributed by atoms with Crippen molar-refractivity contribution in [1.29, 1.82) is 0 Å². The van der Waals surface area contributed by atoms with Crippen LogP contribution in [0, 0.1) is 0 Å². The average molecular weight is 334 g/mol. The van der Waals surface area contributed by atoms with Crippen LogP contribution in [0.15, 0.2) is 47.1 Å². The number of benzene rings is 1. The number of nitrogens with zero attached hydrogens (tertiary/aromatic N) is 3. The van der Waals surface area contributed by atoms with Crippen LogP contribution < -0.4 is 5.32 Å². The van der Waals surface area contributed by atoms with Gasteiger partial charge in [-0.2, -0.15) is 4.98 Å². The van der Waals surface area contributed by atoms with E-state index < -0.39 is 0 Å². The molecule has 0 fully saturated rings. The third kappa shape index (κ3) is 3.03. The number of aryl methyl sites for hydroxylation is 2. The van der Waals surface area contributed by atoms with Crippen LogP contribution in [-0.2, 0) is 12.8 Å². The zero-order valence-electron chi connectivity index (χ0n) is 13.9. The van der Waals surface area contributed by atoms with E-state index >= 15 is 0 Å². The van der Waals surface area contributed by atoms with Gasteiger partial charge in [0.05, 0.1) is 11.7 Å². The molecule has 0 saturated heterocycles. The number of pyridine rings is 1. The third-order valence-electron chi connectivity index (χ3n) is 4.40. The molecule has 1 unspecified atom stereocenters. The molecule has 3 aromatic rings. The Morgan fingerprint density at radius 1 is 1.32 bits per heavy atom.